The van der Waals surface area contributed by atoms with Crippen molar-refractivity contribution >= 4 is 17.9 Å². The molecule has 2 aromatic rings. The first kappa shape index (κ1) is 16.2. The molecule has 1 aliphatic rings. The van der Waals surface area contributed by atoms with Gasteiger partial charge in [-0.3, -0.25) is 9.59 Å². The molecule has 0 saturated carbocycles. The molecule has 123 valence electrons. The predicted molar refractivity (Wildman–Crippen MR) is 94.6 cm³/mol. The van der Waals surface area contributed by atoms with Crippen LogP contribution in [0.1, 0.15) is 48.6 Å². The molecule has 1 amide bonds. The monoisotopic (exact) mass is 321 g/mol. The van der Waals surface area contributed by atoms with Gasteiger partial charge in [-0.1, -0.05) is 31.2 Å². The topological polar surface area (TPSA) is 72.2 Å². The van der Waals surface area contributed by atoms with Gasteiger partial charge in [0.25, 0.3) is 0 Å². The number of carbonyl (C=O) groups excluding carboxylic acids is 2. The maximum Gasteiger partial charge on any atom is 0.233 e. The van der Waals surface area contributed by atoms with Crippen LogP contribution in [0.3, 0.4) is 0 Å². The summed E-state index contributed by atoms with van der Waals surface area (Å²) in [5.41, 5.74) is 9.39. The van der Waals surface area contributed by atoms with E-state index >= 15 is 0 Å². The predicted octanol–water partition coefficient (Wildman–Crippen LogP) is 3.01. The third kappa shape index (κ3) is 2.58. The second kappa shape index (κ2) is 6.11. The van der Waals surface area contributed by atoms with Gasteiger partial charge in [0.05, 0.1) is 11.5 Å². The number of amides is 1. The van der Waals surface area contributed by atoms with E-state index in [1.165, 1.54) is 11.1 Å². The van der Waals surface area contributed by atoms with Crippen LogP contribution in [0.4, 0.5) is 5.69 Å². The van der Waals surface area contributed by atoms with Crippen molar-refractivity contribution in [2.45, 2.75) is 38.1 Å². The van der Waals surface area contributed by atoms with E-state index in [1.54, 1.807) is 12.1 Å². The standard InChI is InChI=1S/C20H21N2O2/c1-3-14-6-4-5-7-15(14)18-11-20(2,19(21)24)16-10-13(12-23)8-9-17(16)22-18/h4-10,18,22H,3,11H2,1-2H3,(H2,21,24). The Hall–Kier alpha value is -2.62. The highest BCUT2D eigenvalue weighted by Crippen LogP contribution is 2.45. The third-order valence-corrected chi connectivity index (χ3v) is 5.03. The lowest BCUT2D eigenvalue weighted by Gasteiger charge is -2.39. The van der Waals surface area contributed by atoms with Gasteiger partial charge in [-0.2, -0.15) is 0 Å². The number of anilines is 1. The van der Waals surface area contributed by atoms with Crippen molar-refractivity contribution in [3.05, 3.63) is 64.7 Å². The number of hydrogen-bond acceptors (Lipinski definition) is 3. The Kier molecular flexibility index (Phi) is 4.14. The van der Waals surface area contributed by atoms with Crippen LogP contribution in [0.5, 0.6) is 0 Å². The average Bonchev–Trinajstić information content (AvgIpc) is 2.61. The van der Waals surface area contributed by atoms with E-state index in [4.69, 9.17) is 5.73 Å². The molecule has 0 aliphatic carbocycles. The quantitative estimate of drug-likeness (QED) is 0.909. The number of fused-ring (bicyclic) bond motifs is 1. The van der Waals surface area contributed by atoms with Gasteiger partial charge in [-0.05, 0) is 54.7 Å². The Morgan fingerprint density at radius 3 is 2.75 bits per heavy atom. The fourth-order valence-electron chi connectivity index (χ4n) is 3.56. The van der Waals surface area contributed by atoms with Crippen LogP contribution in [0, 0.1) is 0 Å². The van der Waals surface area contributed by atoms with Gasteiger partial charge in [0.1, 0.15) is 0 Å². The van der Waals surface area contributed by atoms with Crippen molar-refractivity contribution in [1.29, 1.82) is 0 Å². The molecule has 1 radical (unpaired) electrons. The molecule has 0 saturated heterocycles. The van der Waals surface area contributed by atoms with Crippen molar-refractivity contribution in [3.8, 4) is 0 Å². The van der Waals surface area contributed by atoms with E-state index in [-0.39, 0.29) is 11.9 Å². The molecule has 0 aromatic heterocycles. The van der Waals surface area contributed by atoms with Crippen LogP contribution >= 0.6 is 0 Å². The molecule has 0 spiro atoms. The number of nitrogens with one attached hydrogen (secondary N) is 1. The minimum Gasteiger partial charge on any atom is -0.378 e. The molecule has 24 heavy (non-hydrogen) atoms. The van der Waals surface area contributed by atoms with Gasteiger partial charge >= 0.3 is 0 Å². The Bertz CT molecular complexity index is 800. The zero-order valence-corrected chi connectivity index (χ0v) is 13.9. The molecule has 0 bridgehead atoms. The molecule has 4 heteroatoms. The lowest BCUT2D eigenvalue weighted by Crippen LogP contribution is -2.44. The third-order valence-electron chi connectivity index (χ3n) is 5.03. The molecule has 1 heterocycles. The van der Waals surface area contributed by atoms with E-state index in [1.807, 2.05) is 31.4 Å². The summed E-state index contributed by atoms with van der Waals surface area (Å²) < 4.78 is 0. The summed E-state index contributed by atoms with van der Waals surface area (Å²) in [4.78, 5) is 23.2. The Morgan fingerprint density at radius 2 is 2.08 bits per heavy atom. The van der Waals surface area contributed by atoms with E-state index in [2.05, 4.69) is 24.4 Å². The molecule has 1 aliphatic heterocycles. The van der Waals surface area contributed by atoms with E-state index < -0.39 is 5.41 Å². The van der Waals surface area contributed by atoms with Crippen molar-refractivity contribution < 1.29 is 9.59 Å². The summed E-state index contributed by atoms with van der Waals surface area (Å²) in [6, 6.07) is 13.5. The molecule has 3 N–H and O–H groups in total. The first-order valence-electron chi connectivity index (χ1n) is 8.16. The van der Waals surface area contributed by atoms with Gasteiger partial charge in [0, 0.05) is 11.3 Å². The number of nitrogens with two attached hydrogens (primary N) is 1. The zero-order valence-electron chi connectivity index (χ0n) is 13.9. The first-order valence-corrected chi connectivity index (χ1v) is 8.16. The van der Waals surface area contributed by atoms with E-state index in [0.29, 0.717) is 12.0 Å². The normalized spacial score (nSPS) is 22.3. The number of aryl methyl sites for hydroxylation is 1. The fourth-order valence-corrected chi connectivity index (χ4v) is 3.56. The SMILES string of the molecule is CCc1ccccc1C1CC(C)(C(N)=O)c2cc([C]=O)ccc2N1. The maximum absolute atomic E-state index is 12.3. The lowest BCUT2D eigenvalue weighted by molar-refractivity contribution is -0.123. The summed E-state index contributed by atoms with van der Waals surface area (Å²) in [5, 5.41) is 3.51. The van der Waals surface area contributed by atoms with Crippen LogP contribution < -0.4 is 11.1 Å². The van der Waals surface area contributed by atoms with Crippen LogP contribution in [-0.4, -0.2) is 12.2 Å². The van der Waals surface area contributed by atoms with Gasteiger partial charge in [0.15, 0.2) is 0 Å². The second-order valence-electron chi connectivity index (χ2n) is 6.51. The summed E-state index contributed by atoms with van der Waals surface area (Å²) >= 11 is 0. The van der Waals surface area contributed by atoms with E-state index in [0.717, 1.165) is 17.7 Å². The van der Waals surface area contributed by atoms with Crippen molar-refractivity contribution in [2.75, 3.05) is 5.32 Å². The molecular formula is C20H21N2O2. The van der Waals surface area contributed by atoms with Crippen LogP contribution in [0.15, 0.2) is 42.5 Å². The van der Waals surface area contributed by atoms with Crippen LogP contribution in [0.25, 0.3) is 0 Å². The number of rotatable bonds is 4. The average molecular weight is 321 g/mol. The molecule has 2 atom stereocenters. The van der Waals surface area contributed by atoms with Gasteiger partial charge in [-0.25, -0.2) is 0 Å². The summed E-state index contributed by atoms with van der Waals surface area (Å²) in [5.74, 6) is -0.382. The maximum atomic E-state index is 12.3. The van der Waals surface area contributed by atoms with Gasteiger partial charge in [0.2, 0.25) is 12.2 Å². The fraction of sp³-hybridized carbons (Fsp3) is 0.300. The zero-order chi connectivity index (χ0) is 17.3. The lowest BCUT2D eigenvalue weighted by atomic mass is 9.71. The second-order valence-corrected chi connectivity index (χ2v) is 6.51. The van der Waals surface area contributed by atoms with Crippen molar-refractivity contribution in [3.63, 3.8) is 0 Å². The highest BCUT2D eigenvalue weighted by atomic mass is 16.1. The van der Waals surface area contributed by atoms with Crippen molar-refractivity contribution in [1.82, 2.24) is 0 Å². The van der Waals surface area contributed by atoms with Crippen LogP contribution in [0.2, 0.25) is 0 Å². The Balaban J connectivity index is 2.12. The summed E-state index contributed by atoms with van der Waals surface area (Å²) in [6.07, 6.45) is 3.36. The Labute approximate surface area is 142 Å². The van der Waals surface area contributed by atoms with Gasteiger partial charge in [-0.15, -0.1) is 0 Å². The molecular weight excluding hydrogens is 300 g/mol. The minimum absolute atomic E-state index is 0.00258. The first-order chi connectivity index (χ1) is 11.5. The smallest absolute Gasteiger partial charge is 0.233 e. The largest absolute Gasteiger partial charge is 0.378 e. The molecule has 2 aromatic carbocycles. The molecule has 4 nitrogen and oxygen atoms in total. The summed E-state index contributed by atoms with van der Waals surface area (Å²) in [6.45, 7) is 3.97. The minimum atomic E-state index is -0.834. The van der Waals surface area contributed by atoms with Crippen LogP contribution in [-0.2, 0) is 21.4 Å². The van der Waals surface area contributed by atoms with E-state index in [9.17, 15) is 9.59 Å². The van der Waals surface area contributed by atoms with Gasteiger partial charge < -0.3 is 11.1 Å². The molecule has 3 rings (SSSR count). The summed E-state index contributed by atoms with van der Waals surface area (Å²) in [7, 11) is 0. The molecule has 2 unspecified atom stereocenters. The number of hydrogen-bond donors (Lipinski definition) is 2. The number of benzene rings is 2. The highest BCUT2D eigenvalue weighted by molar-refractivity contribution is 5.90. The number of carbonyl (C=O) groups is 1. The van der Waals surface area contributed by atoms with Crippen molar-refractivity contribution in [2.24, 2.45) is 5.73 Å². The Morgan fingerprint density at radius 1 is 1.33 bits per heavy atom. The number of primary amides is 1. The highest BCUT2D eigenvalue weighted by Gasteiger charge is 2.42. The molecule has 0 fully saturated rings.